The first kappa shape index (κ1) is 11.7. The summed E-state index contributed by atoms with van der Waals surface area (Å²) in [5.74, 6) is -0.314. The second-order valence-electron chi connectivity index (χ2n) is 4.40. The summed E-state index contributed by atoms with van der Waals surface area (Å²) in [6.45, 7) is 3.56. The fourth-order valence-corrected chi connectivity index (χ4v) is 1.48. The van der Waals surface area contributed by atoms with E-state index >= 15 is 0 Å². The Morgan fingerprint density at radius 2 is 1.93 bits per heavy atom. The molecule has 0 saturated carbocycles. The van der Waals surface area contributed by atoms with E-state index in [2.05, 4.69) is 0 Å². The van der Waals surface area contributed by atoms with Gasteiger partial charge in [-0.3, -0.25) is 0 Å². The zero-order chi connectivity index (χ0) is 11.6. The van der Waals surface area contributed by atoms with Gasteiger partial charge >= 0.3 is 0 Å². The maximum Gasteiger partial charge on any atom is 0.130 e. The van der Waals surface area contributed by atoms with Crippen LogP contribution in [-0.2, 0) is 10.2 Å². The molecular formula is C12H16FNO. The normalized spacial score (nSPS) is 11.3. The fourth-order valence-electron chi connectivity index (χ4n) is 1.48. The van der Waals surface area contributed by atoms with Crippen LogP contribution >= 0.6 is 0 Å². The van der Waals surface area contributed by atoms with Crippen molar-refractivity contribution in [1.82, 2.24) is 0 Å². The van der Waals surface area contributed by atoms with Crippen molar-refractivity contribution in [2.24, 2.45) is 0 Å². The lowest BCUT2D eigenvalue weighted by Gasteiger charge is -2.25. The highest BCUT2D eigenvalue weighted by Gasteiger charge is 2.24. The molecule has 0 fully saturated rings. The molecule has 0 amide bonds. The van der Waals surface area contributed by atoms with Gasteiger partial charge in [-0.05, 0) is 37.6 Å². The number of anilines is 1. The van der Waals surface area contributed by atoms with Crippen molar-refractivity contribution >= 4 is 12.0 Å². The van der Waals surface area contributed by atoms with Gasteiger partial charge in [0.15, 0.2) is 0 Å². The van der Waals surface area contributed by atoms with Crippen LogP contribution in [0.25, 0.3) is 0 Å². The highest BCUT2D eigenvalue weighted by atomic mass is 19.1. The summed E-state index contributed by atoms with van der Waals surface area (Å²) < 4.78 is 13.1. The zero-order valence-corrected chi connectivity index (χ0v) is 9.54. The van der Waals surface area contributed by atoms with Crippen LogP contribution in [0.15, 0.2) is 18.2 Å². The lowest BCUT2D eigenvalue weighted by Crippen LogP contribution is -2.23. The minimum Gasteiger partial charge on any atom is -0.377 e. The third-order valence-electron chi connectivity index (χ3n) is 2.43. The molecule has 1 aromatic rings. The molecular weight excluding hydrogens is 193 g/mol. The number of hydrogen-bond donors (Lipinski definition) is 0. The third-order valence-corrected chi connectivity index (χ3v) is 2.43. The van der Waals surface area contributed by atoms with Crippen molar-refractivity contribution in [3.63, 3.8) is 0 Å². The van der Waals surface area contributed by atoms with Crippen LogP contribution < -0.4 is 4.90 Å². The zero-order valence-electron chi connectivity index (χ0n) is 9.54. The molecule has 1 rings (SSSR count). The lowest BCUT2D eigenvalue weighted by molar-refractivity contribution is -0.111. The predicted molar refractivity (Wildman–Crippen MR) is 59.8 cm³/mol. The average molecular weight is 209 g/mol. The first-order valence-corrected chi connectivity index (χ1v) is 4.82. The average Bonchev–Trinajstić information content (AvgIpc) is 2.17. The largest absolute Gasteiger partial charge is 0.377 e. The highest BCUT2D eigenvalue weighted by molar-refractivity contribution is 5.73. The summed E-state index contributed by atoms with van der Waals surface area (Å²) in [4.78, 5) is 12.8. The van der Waals surface area contributed by atoms with E-state index in [9.17, 15) is 9.18 Å². The molecule has 0 N–H and O–H groups in total. The maximum atomic E-state index is 13.1. The number of halogens is 1. The fraction of sp³-hybridized carbons (Fsp3) is 0.417. The minimum atomic E-state index is -0.665. The molecule has 0 aromatic heterocycles. The van der Waals surface area contributed by atoms with Crippen molar-refractivity contribution in [2.45, 2.75) is 19.3 Å². The van der Waals surface area contributed by atoms with Crippen molar-refractivity contribution < 1.29 is 9.18 Å². The Labute approximate surface area is 89.7 Å². The first-order chi connectivity index (χ1) is 6.88. The maximum absolute atomic E-state index is 13.1. The number of benzene rings is 1. The molecule has 3 heteroatoms. The van der Waals surface area contributed by atoms with Gasteiger partial charge in [-0.2, -0.15) is 0 Å². The van der Waals surface area contributed by atoms with Crippen molar-refractivity contribution in [2.75, 3.05) is 19.0 Å². The Balaban J connectivity index is 3.37. The van der Waals surface area contributed by atoms with E-state index in [0.29, 0.717) is 5.56 Å². The number of aldehydes is 1. The summed E-state index contributed by atoms with van der Waals surface area (Å²) >= 11 is 0. The van der Waals surface area contributed by atoms with Gasteiger partial charge in [0.2, 0.25) is 0 Å². The van der Waals surface area contributed by atoms with Crippen LogP contribution in [0.3, 0.4) is 0 Å². The number of hydrogen-bond acceptors (Lipinski definition) is 2. The second kappa shape index (κ2) is 4.01. The third kappa shape index (κ3) is 2.35. The van der Waals surface area contributed by atoms with Crippen LogP contribution in [0.4, 0.5) is 10.1 Å². The van der Waals surface area contributed by atoms with E-state index in [1.165, 1.54) is 12.1 Å². The van der Waals surface area contributed by atoms with E-state index in [0.717, 1.165) is 12.0 Å². The van der Waals surface area contributed by atoms with E-state index < -0.39 is 5.41 Å². The molecule has 0 bridgehead atoms. The summed E-state index contributed by atoms with van der Waals surface area (Å²) in [6, 6.07) is 4.51. The summed E-state index contributed by atoms with van der Waals surface area (Å²) in [6.07, 6.45) is 0.842. The second-order valence-corrected chi connectivity index (χ2v) is 4.40. The van der Waals surface area contributed by atoms with Crippen molar-refractivity contribution in [3.05, 3.63) is 29.6 Å². The summed E-state index contributed by atoms with van der Waals surface area (Å²) in [5.41, 5.74) is 0.915. The first-order valence-electron chi connectivity index (χ1n) is 4.82. The SMILES string of the molecule is CN(C)c1ccc(F)cc1C(C)(C)C=O. The van der Waals surface area contributed by atoms with Crippen LogP contribution in [0.1, 0.15) is 19.4 Å². The predicted octanol–water partition coefficient (Wildman–Crippen LogP) is 2.37. The Bertz CT molecular complexity index is 372. The molecule has 0 saturated heterocycles. The molecule has 0 unspecified atom stereocenters. The van der Waals surface area contributed by atoms with E-state index in [-0.39, 0.29) is 5.82 Å². The van der Waals surface area contributed by atoms with Crippen molar-refractivity contribution in [3.8, 4) is 0 Å². The summed E-state index contributed by atoms with van der Waals surface area (Å²) in [5, 5.41) is 0. The standard InChI is InChI=1S/C12H16FNO/c1-12(2,8-15)10-7-9(13)5-6-11(10)14(3)4/h5-8H,1-4H3. The molecule has 0 heterocycles. The van der Waals surface area contributed by atoms with Crippen LogP contribution in [0.5, 0.6) is 0 Å². The van der Waals surface area contributed by atoms with Gasteiger partial charge in [0.1, 0.15) is 12.1 Å². The van der Waals surface area contributed by atoms with Gasteiger partial charge in [0.05, 0.1) is 0 Å². The number of nitrogens with zero attached hydrogens (tertiary/aromatic N) is 1. The van der Waals surface area contributed by atoms with Gasteiger partial charge < -0.3 is 9.69 Å². The minimum absolute atomic E-state index is 0.314. The van der Waals surface area contributed by atoms with Crippen LogP contribution in [0.2, 0.25) is 0 Å². The number of carbonyl (C=O) groups excluding carboxylic acids is 1. The quantitative estimate of drug-likeness (QED) is 0.712. The Morgan fingerprint density at radius 3 is 2.40 bits per heavy atom. The van der Waals surface area contributed by atoms with E-state index in [1.54, 1.807) is 19.9 Å². The van der Waals surface area contributed by atoms with Gasteiger partial charge in [0.25, 0.3) is 0 Å². The summed E-state index contributed by atoms with van der Waals surface area (Å²) in [7, 11) is 3.75. The topological polar surface area (TPSA) is 20.3 Å². The van der Waals surface area contributed by atoms with Gasteiger partial charge in [-0.15, -0.1) is 0 Å². The lowest BCUT2D eigenvalue weighted by atomic mass is 9.85. The van der Waals surface area contributed by atoms with E-state index in [4.69, 9.17) is 0 Å². The number of carbonyl (C=O) groups is 1. The molecule has 15 heavy (non-hydrogen) atoms. The van der Waals surface area contributed by atoms with Crippen LogP contribution in [0, 0.1) is 5.82 Å². The molecule has 2 nitrogen and oxygen atoms in total. The highest BCUT2D eigenvalue weighted by Crippen LogP contribution is 2.30. The molecule has 0 radical (unpaired) electrons. The van der Waals surface area contributed by atoms with Crippen LogP contribution in [-0.4, -0.2) is 20.4 Å². The monoisotopic (exact) mass is 209 g/mol. The molecule has 82 valence electrons. The molecule has 0 aliphatic rings. The van der Waals surface area contributed by atoms with Gasteiger partial charge in [0, 0.05) is 25.2 Å². The van der Waals surface area contributed by atoms with E-state index in [1.807, 2.05) is 19.0 Å². The Hall–Kier alpha value is -1.38. The molecule has 0 aliphatic carbocycles. The molecule has 0 atom stereocenters. The van der Waals surface area contributed by atoms with Gasteiger partial charge in [-0.25, -0.2) is 4.39 Å². The molecule has 0 aliphatic heterocycles. The Kier molecular flexibility index (Phi) is 3.12. The smallest absolute Gasteiger partial charge is 0.130 e. The number of rotatable bonds is 3. The Morgan fingerprint density at radius 1 is 1.33 bits per heavy atom. The molecule has 1 aromatic carbocycles. The van der Waals surface area contributed by atoms with Gasteiger partial charge in [-0.1, -0.05) is 0 Å². The molecule has 0 spiro atoms. The van der Waals surface area contributed by atoms with Crippen molar-refractivity contribution in [1.29, 1.82) is 0 Å².